The summed E-state index contributed by atoms with van der Waals surface area (Å²) >= 11 is 1.67. The molecular weight excluding hydrogens is 208 g/mol. The largest absolute Gasteiger partial charge is 0.370 e. The third-order valence-electron chi connectivity index (χ3n) is 2.50. The molecule has 0 bridgehead atoms. The highest BCUT2D eigenvalue weighted by atomic mass is 32.1. The third-order valence-corrected chi connectivity index (χ3v) is 3.40. The van der Waals surface area contributed by atoms with E-state index in [9.17, 15) is 0 Å². The van der Waals surface area contributed by atoms with E-state index in [1.807, 2.05) is 20.2 Å². The van der Waals surface area contributed by atoms with E-state index in [4.69, 9.17) is 5.73 Å². The Kier molecular flexibility index (Phi) is 2.90. The number of rotatable bonds is 3. The summed E-state index contributed by atoms with van der Waals surface area (Å²) in [6.07, 6.45) is 4.35. The van der Waals surface area contributed by atoms with Crippen LogP contribution in [0.15, 0.2) is 11.2 Å². The van der Waals surface area contributed by atoms with Crippen LogP contribution >= 0.6 is 11.3 Å². The van der Waals surface area contributed by atoms with Crippen molar-refractivity contribution in [2.24, 2.45) is 10.7 Å². The Bertz CT molecular complexity index is 367. The smallest absolute Gasteiger partial charge is 0.191 e. The minimum absolute atomic E-state index is 0.599. The highest BCUT2D eigenvalue weighted by Gasteiger charge is 2.27. The van der Waals surface area contributed by atoms with Crippen molar-refractivity contribution in [2.75, 3.05) is 7.05 Å². The van der Waals surface area contributed by atoms with Gasteiger partial charge in [-0.3, -0.25) is 0 Å². The van der Waals surface area contributed by atoms with Crippen molar-refractivity contribution in [3.63, 3.8) is 0 Å². The first kappa shape index (κ1) is 10.4. The van der Waals surface area contributed by atoms with Gasteiger partial charge in [-0.2, -0.15) is 0 Å². The normalized spacial score (nSPS) is 16.8. The van der Waals surface area contributed by atoms with Crippen LogP contribution in [0.3, 0.4) is 0 Å². The van der Waals surface area contributed by atoms with Gasteiger partial charge in [-0.15, -0.1) is 11.3 Å². The average Bonchev–Trinajstić information content (AvgIpc) is 2.98. The number of hydrogen-bond acceptors (Lipinski definition) is 3. The van der Waals surface area contributed by atoms with Gasteiger partial charge in [0.1, 0.15) is 5.01 Å². The highest BCUT2D eigenvalue weighted by molar-refractivity contribution is 7.11. The summed E-state index contributed by atoms with van der Waals surface area (Å²) < 4.78 is 0. The van der Waals surface area contributed by atoms with Gasteiger partial charge in [0.2, 0.25) is 0 Å². The molecule has 15 heavy (non-hydrogen) atoms. The van der Waals surface area contributed by atoms with Crippen molar-refractivity contribution in [2.45, 2.75) is 32.4 Å². The van der Waals surface area contributed by atoms with Crippen LogP contribution in [-0.2, 0) is 6.54 Å². The van der Waals surface area contributed by atoms with E-state index in [-0.39, 0.29) is 0 Å². The van der Waals surface area contributed by atoms with Gasteiger partial charge in [0.05, 0.1) is 6.54 Å². The second kappa shape index (κ2) is 4.18. The Morgan fingerprint density at radius 1 is 1.73 bits per heavy atom. The fourth-order valence-electron chi connectivity index (χ4n) is 1.38. The van der Waals surface area contributed by atoms with E-state index in [0.29, 0.717) is 18.5 Å². The van der Waals surface area contributed by atoms with Crippen molar-refractivity contribution in [3.05, 3.63) is 16.1 Å². The first-order valence-corrected chi connectivity index (χ1v) is 5.92. The monoisotopic (exact) mass is 224 g/mol. The standard InChI is InChI=1S/C10H16N4S/c1-7-5-12-9(15-7)6-13-10(11)14(2)8-3-4-8/h5,8H,3-4,6H2,1-2H3,(H2,11,13). The molecule has 1 fully saturated rings. The van der Waals surface area contributed by atoms with Crippen LogP contribution in [0, 0.1) is 6.92 Å². The number of aryl methyl sites for hydroxylation is 1. The molecule has 0 atom stereocenters. The maximum Gasteiger partial charge on any atom is 0.191 e. The predicted octanol–water partition coefficient (Wildman–Crippen LogP) is 1.36. The maximum absolute atomic E-state index is 5.87. The number of nitrogens with zero attached hydrogens (tertiary/aromatic N) is 3. The molecular formula is C10H16N4S. The van der Waals surface area contributed by atoms with Crippen molar-refractivity contribution >= 4 is 17.3 Å². The number of nitrogens with two attached hydrogens (primary N) is 1. The number of aliphatic imine (C=N–C) groups is 1. The van der Waals surface area contributed by atoms with Crippen molar-refractivity contribution in [1.29, 1.82) is 0 Å². The van der Waals surface area contributed by atoms with Gasteiger partial charge in [0.25, 0.3) is 0 Å². The Labute approximate surface area is 93.8 Å². The third kappa shape index (κ3) is 2.68. The Hall–Kier alpha value is -1.10. The molecule has 1 aromatic rings. The first-order valence-electron chi connectivity index (χ1n) is 5.11. The molecule has 0 unspecified atom stereocenters. The summed E-state index contributed by atoms with van der Waals surface area (Å²) in [5.41, 5.74) is 5.87. The topological polar surface area (TPSA) is 54.5 Å². The second-order valence-corrected chi connectivity index (χ2v) is 5.20. The number of thiazole rings is 1. The number of guanidine groups is 1. The van der Waals surface area contributed by atoms with E-state index in [0.717, 1.165) is 5.01 Å². The van der Waals surface area contributed by atoms with Crippen LogP contribution < -0.4 is 5.73 Å². The lowest BCUT2D eigenvalue weighted by Gasteiger charge is -2.16. The lowest BCUT2D eigenvalue weighted by molar-refractivity contribution is 0.487. The summed E-state index contributed by atoms with van der Waals surface area (Å²) in [5, 5.41) is 1.03. The molecule has 0 aliphatic heterocycles. The van der Waals surface area contributed by atoms with Gasteiger partial charge in [-0.1, -0.05) is 0 Å². The molecule has 0 radical (unpaired) electrons. The van der Waals surface area contributed by atoms with E-state index in [1.165, 1.54) is 17.7 Å². The molecule has 0 spiro atoms. The Balaban J connectivity index is 1.92. The molecule has 1 saturated carbocycles. The highest BCUT2D eigenvalue weighted by Crippen LogP contribution is 2.25. The Morgan fingerprint density at radius 2 is 2.47 bits per heavy atom. The van der Waals surface area contributed by atoms with Gasteiger partial charge < -0.3 is 10.6 Å². The van der Waals surface area contributed by atoms with E-state index in [2.05, 4.69) is 14.9 Å². The van der Waals surface area contributed by atoms with Crippen LogP contribution in [0.25, 0.3) is 0 Å². The predicted molar refractivity (Wildman–Crippen MR) is 63.0 cm³/mol. The minimum Gasteiger partial charge on any atom is -0.370 e. The van der Waals surface area contributed by atoms with E-state index >= 15 is 0 Å². The fourth-order valence-corrected chi connectivity index (χ4v) is 2.10. The summed E-state index contributed by atoms with van der Waals surface area (Å²) in [4.78, 5) is 11.9. The molecule has 0 saturated heterocycles. The van der Waals surface area contributed by atoms with Crippen LogP contribution in [-0.4, -0.2) is 28.9 Å². The van der Waals surface area contributed by atoms with Crippen LogP contribution in [0.5, 0.6) is 0 Å². The van der Waals surface area contributed by atoms with Crippen molar-refractivity contribution in [3.8, 4) is 0 Å². The zero-order chi connectivity index (χ0) is 10.8. The lowest BCUT2D eigenvalue weighted by atomic mass is 10.6. The van der Waals surface area contributed by atoms with Gasteiger partial charge in [-0.05, 0) is 19.8 Å². The SMILES string of the molecule is Cc1cnc(CN=C(N)N(C)C2CC2)s1. The summed E-state index contributed by atoms with van der Waals surface area (Å²) in [7, 11) is 2.00. The molecule has 5 heteroatoms. The molecule has 2 N–H and O–H groups in total. The molecule has 4 nitrogen and oxygen atoms in total. The van der Waals surface area contributed by atoms with Crippen LogP contribution in [0.1, 0.15) is 22.7 Å². The minimum atomic E-state index is 0.599. The van der Waals surface area contributed by atoms with Gasteiger partial charge in [0, 0.05) is 24.2 Å². The lowest BCUT2D eigenvalue weighted by Crippen LogP contribution is -2.35. The zero-order valence-electron chi connectivity index (χ0n) is 9.10. The summed E-state index contributed by atoms with van der Waals surface area (Å²) in [6, 6.07) is 0.617. The zero-order valence-corrected chi connectivity index (χ0v) is 9.92. The molecule has 1 aliphatic rings. The summed E-state index contributed by atoms with van der Waals surface area (Å²) in [5.74, 6) is 0.630. The van der Waals surface area contributed by atoms with Crippen LogP contribution in [0.2, 0.25) is 0 Å². The quantitative estimate of drug-likeness (QED) is 0.623. The Morgan fingerprint density at radius 3 is 3.00 bits per heavy atom. The maximum atomic E-state index is 5.87. The molecule has 1 aromatic heterocycles. The number of aromatic nitrogens is 1. The van der Waals surface area contributed by atoms with Crippen molar-refractivity contribution < 1.29 is 0 Å². The van der Waals surface area contributed by atoms with Gasteiger partial charge in [0.15, 0.2) is 5.96 Å². The molecule has 0 aromatic carbocycles. The van der Waals surface area contributed by atoms with Crippen molar-refractivity contribution in [1.82, 2.24) is 9.88 Å². The van der Waals surface area contributed by atoms with Gasteiger partial charge >= 0.3 is 0 Å². The van der Waals surface area contributed by atoms with Crippen LogP contribution in [0.4, 0.5) is 0 Å². The van der Waals surface area contributed by atoms with Gasteiger partial charge in [-0.25, -0.2) is 9.98 Å². The first-order chi connectivity index (χ1) is 7.16. The molecule has 82 valence electrons. The molecule has 2 rings (SSSR count). The fraction of sp³-hybridized carbons (Fsp3) is 0.600. The van der Waals surface area contributed by atoms with E-state index < -0.39 is 0 Å². The molecule has 1 heterocycles. The molecule has 0 amide bonds. The average molecular weight is 224 g/mol. The summed E-state index contributed by atoms with van der Waals surface area (Å²) in [6.45, 7) is 2.64. The van der Waals surface area contributed by atoms with E-state index in [1.54, 1.807) is 11.3 Å². The second-order valence-electron chi connectivity index (χ2n) is 3.88. The molecule has 1 aliphatic carbocycles. The number of hydrogen-bond donors (Lipinski definition) is 1.